The van der Waals surface area contributed by atoms with E-state index in [4.69, 9.17) is 0 Å². The maximum Gasteiger partial charge on any atom is 0.0755 e. The van der Waals surface area contributed by atoms with Gasteiger partial charge in [0.1, 0.15) is 0 Å². The topological polar surface area (TPSA) is 56.7 Å². The van der Waals surface area contributed by atoms with E-state index in [1.807, 2.05) is 24.3 Å². The van der Waals surface area contributed by atoms with E-state index in [1.165, 1.54) is 64.5 Å². The van der Waals surface area contributed by atoms with Crippen molar-refractivity contribution in [1.82, 2.24) is 0 Å². The van der Waals surface area contributed by atoms with Gasteiger partial charge in [0.2, 0.25) is 0 Å². The van der Waals surface area contributed by atoms with E-state index in [-0.39, 0.29) is 5.56 Å². The molecule has 0 spiro atoms. The van der Waals surface area contributed by atoms with Gasteiger partial charge in [-0.3, -0.25) is 0 Å². The fraction of sp³-hybridized carbons (Fsp3) is 0.522. The quantitative estimate of drug-likeness (QED) is 0.620. The predicted octanol–water partition coefficient (Wildman–Crippen LogP) is 3.91. The zero-order valence-corrected chi connectivity index (χ0v) is 16.5. The molecule has 144 valence electrons. The van der Waals surface area contributed by atoms with Gasteiger partial charge in [0.15, 0.2) is 0 Å². The Kier molecular flexibility index (Phi) is 12.2. The van der Waals surface area contributed by atoms with E-state index < -0.39 is 5.97 Å². The van der Waals surface area contributed by atoms with Gasteiger partial charge >= 0.3 is 0 Å². The molecule has 0 fully saturated rings. The molecule has 0 atom stereocenters. The highest BCUT2D eigenvalue weighted by Crippen LogP contribution is 2.17. The summed E-state index contributed by atoms with van der Waals surface area (Å²) < 4.78 is 0. The van der Waals surface area contributed by atoms with Gasteiger partial charge in [-0.1, -0.05) is 82.0 Å². The molecule has 0 aliphatic rings. The highest BCUT2D eigenvalue weighted by atomic mass is 16.4. The van der Waals surface area contributed by atoms with Crippen LogP contribution in [0.1, 0.15) is 75.6 Å². The Hall–Kier alpha value is -1.87. The third-order valence-electron chi connectivity index (χ3n) is 4.53. The molecule has 0 unspecified atom stereocenters. The Morgan fingerprint density at radius 2 is 1.38 bits per heavy atom. The van der Waals surface area contributed by atoms with Crippen LogP contribution in [0, 0.1) is 0 Å². The summed E-state index contributed by atoms with van der Waals surface area (Å²) in [4.78, 5) is 10.7. The first-order valence-electron chi connectivity index (χ1n) is 10.2. The average molecular weight is 358 g/mol. The summed E-state index contributed by atoms with van der Waals surface area (Å²) >= 11 is 0. The van der Waals surface area contributed by atoms with Gasteiger partial charge in [0.25, 0.3) is 0 Å². The van der Waals surface area contributed by atoms with Crippen molar-refractivity contribution in [2.45, 2.75) is 65.2 Å². The zero-order valence-electron chi connectivity index (χ0n) is 16.5. The number of hydrogen-bond acceptors (Lipinski definition) is 2. The molecule has 0 amide bonds. The molecule has 0 aliphatic carbocycles. The molecule has 3 heteroatoms. The summed E-state index contributed by atoms with van der Waals surface area (Å²) in [6.45, 7) is 7.25. The van der Waals surface area contributed by atoms with Crippen LogP contribution in [0.5, 0.6) is 0 Å². The number of carboxylic acid groups (broad SMARTS) is 1. The van der Waals surface area contributed by atoms with E-state index in [0.717, 1.165) is 10.8 Å². The molecule has 26 heavy (non-hydrogen) atoms. The van der Waals surface area contributed by atoms with Crippen molar-refractivity contribution in [2.75, 3.05) is 13.1 Å². The fourth-order valence-electron chi connectivity index (χ4n) is 2.98. The molecule has 0 aliphatic heterocycles. The first-order valence-corrected chi connectivity index (χ1v) is 10.2. The zero-order chi connectivity index (χ0) is 19.0. The van der Waals surface area contributed by atoms with E-state index in [9.17, 15) is 9.90 Å². The summed E-state index contributed by atoms with van der Waals surface area (Å²) in [7, 11) is 0. The SMILES string of the molecule is CCCCCC[NH2+]CCCCCC.O=C([O-])c1cccc2ccccc12. The Bertz CT molecular complexity index is 609. The van der Waals surface area contributed by atoms with Crippen LogP contribution >= 0.6 is 0 Å². The average Bonchev–Trinajstić information content (AvgIpc) is 2.67. The molecule has 2 rings (SSSR count). The number of carbonyl (C=O) groups excluding carboxylic acids is 1. The molecule has 0 saturated heterocycles. The molecule has 2 N–H and O–H groups in total. The third kappa shape index (κ3) is 9.00. The van der Waals surface area contributed by atoms with Gasteiger partial charge in [0.05, 0.1) is 19.1 Å². The number of unbranched alkanes of at least 4 members (excludes halogenated alkanes) is 6. The Balaban J connectivity index is 0.000000260. The monoisotopic (exact) mass is 357 g/mol. The fourth-order valence-corrected chi connectivity index (χ4v) is 2.98. The number of hydrogen-bond donors (Lipinski definition) is 1. The van der Waals surface area contributed by atoms with Gasteiger partial charge < -0.3 is 15.2 Å². The van der Waals surface area contributed by atoms with E-state index >= 15 is 0 Å². The second-order valence-electron chi connectivity index (χ2n) is 6.80. The van der Waals surface area contributed by atoms with Gasteiger partial charge in [-0.25, -0.2) is 0 Å². The lowest BCUT2D eigenvalue weighted by Gasteiger charge is -2.05. The van der Waals surface area contributed by atoms with E-state index in [2.05, 4.69) is 19.2 Å². The molecule has 0 saturated carbocycles. The van der Waals surface area contributed by atoms with Gasteiger partial charge in [-0.05, 0) is 36.5 Å². The highest BCUT2D eigenvalue weighted by molar-refractivity contribution is 6.02. The molecular weight excluding hydrogens is 322 g/mol. The van der Waals surface area contributed by atoms with Gasteiger partial charge in [-0.15, -0.1) is 0 Å². The number of fused-ring (bicyclic) bond motifs is 1. The van der Waals surface area contributed by atoms with Crippen molar-refractivity contribution >= 4 is 16.7 Å². The van der Waals surface area contributed by atoms with E-state index in [1.54, 1.807) is 18.2 Å². The number of aromatic carboxylic acids is 1. The second-order valence-corrected chi connectivity index (χ2v) is 6.80. The first kappa shape index (κ1) is 22.2. The molecule has 0 heterocycles. The lowest BCUT2D eigenvalue weighted by atomic mass is 10.1. The summed E-state index contributed by atoms with van der Waals surface area (Å²) in [5.41, 5.74) is 0.248. The van der Waals surface area contributed by atoms with Gasteiger partial charge in [0, 0.05) is 5.56 Å². The Morgan fingerprint density at radius 1 is 0.808 bits per heavy atom. The number of carbonyl (C=O) groups is 1. The Labute approximate surface area is 158 Å². The third-order valence-corrected chi connectivity index (χ3v) is 4.53. The number of rotatable bonds is 11. The largest absolute Gasteiger partial charge is 0.545 e. The van der Waals surface area contributed by atoms with Crippen LogP contribution in [-0.4, -0.2) is 19.1 Å². The van der Waals surface area contributed by atoms with Crippen molar-refractivity contribution in [2.24, 2.45) is 0 Å². The number of quaternary nitrogens is 1. The van der Waals surface area contributed by atoms with Crippen LogP contribution in [-0.2, 0) is 0 Å². The van der Waals surface area contributed by atoms with Crippen molar-refractivity contribution in [1.29, 1.82) is 0 Å². The maximum absolute atomic E-state index is 10.7. The molecule has 2 aromatic carbocycles. The molecule has 2 aromatic rings. The molecule has 0 radical (unpaired) electrons. The minimum Gasteiger partial charge on any atom is -0.545 e. The van der Waals surface area contributed by atoms with Crippen LogP contribution in [0.3, 0.4) is 0 Å². The lowest BCUT2D eigenvalue weighted by Crippen LogP contribution is -2.84. The molecule has 0 bridgehead atoms. The van der Waals surface area contributed by atoms with Crippen molar-refractivity contribution in [3.05, 3.63) is 48.0 Å². The molecule has 3 nitrogen and oxygen atoms in total. The van der Waals surface area contributed by atoms with Crippen LogP contribution in [0.4, 0.5) is 0 Å². The number of benzene rings is 2. The maximum atomic E-state index is 10.7. The molecule has 0 aromatic heterocycles. The summed E-state index contributed by atoms with van der Waals surface area (Å²) in [6, 6.07) is 12.5. The predicted molar refractivity (Wildman–Crippen MR) is 108 cm³/mol. The minimum absolute atomic E-state index is 0.248. The minimum atomic E-state index is -1.13. The highest BCUT2D eigenvalue weighted by Gasteiger charge is 1.99. The number of nitrogens with two attached hydrogens (primary N) is 1. The van der Waals surface area contributed by atoms with E-state index in [0.29, 0.717) is 0 Å². The number of carboxylic acids is 1. The van der Waals surface area contributed by atoms with Gasteiger partial charge in [-0.2, -0.15) is 0 Å². The van der Waals surface area contributed by atoms with Crippen molar-refractivity contribution < 1.29 is 15.2 Å². The van der Waals surface area contributed by atoms with Crippen LogP contribution in [0.2, 0.25) is 0 Å². The summed E-state index contributed by atoms with van der Waals surface area (Å²) in [5.74, 6) is -1.13. The van der Waals surface area contributed by atoms with Crippen molar-refractivity contribution in [3.8, 4) is 0 Å². The van der Waals surface area contributed by atoms with Crippen LogP contribution < -0.4 is 10.4 Å². The smallest absolute Gasteiger partial charge is 0.0755 e. The Morgan fingerprint density at radius 3 is 1.96 bits per heavy atom. The first-order chi connectivity index (χ1) is 12.7. The van der Waals surface area contributed by atoms with Crippen LogP contribution in [0.15, 0.2) is 42.5 Å². The summed E-state index contributed by atoms with van der Waals surface area (Å²) in [6.07, 6.45) is 11.3. The lowest BCUT2D eigenvalue weighted by molar-refractivity contribution is -0.655. The normalized spacial score (nSPS) is 10.4. The summed E-state index contributed by atoms with van der Waals surface area (Å²) in [5, 5.41) is 14.8. The van der Waals surface area contributed by atoms with Crippen LogP contribution in [0.25, 0.3) is 10.8 Å². The standard InChI is InChI=1S/C12H27N.C11H8O2/c1-3-5-7-9-11-13-12-10-8-6-4-2;12-11(13)10-7-3-5-8-4-1-2-6-9(8)10/h13H,3-12H2,1-2H3;1-7H,(H,12,13). The molecular formula is C23H35NO2. The second kappa shape index (κ2) is 14.3. The van der Waals surface area contributed by atoms with Crippen molar-refractivity contribution in [3.63, 3.8) is 0 Å².